The lowest BCUT2D eigenvalue weighted by Gasteiger charge is -2.07. The van der Waals surface area contributed by atoms with Gasteiger partial charge in [0, 0.05) is 6.07 Å². The average molecular weight is 263 g/mol. The maximum Gasteiger partial charge on any atom is 0.272 e. The summed E-state index contributed by atoms with van der Waals surface area (Å²) < 4.78 is 18.8. The lowest BCUT2D eigenvalue weighted by atomic mass is 10.2. The van der Waals surface area contributed by atoms with Crippen LogP contribution in [0.4, 0.5) is 10.1 Å². The van der Waals surface area contributed by atoms with Gasteiger partial charge in [0.15, 0.2) is 11.6 Å². The van der Waals surface area contributed by atoms with E-state index in [-0.39, 0.29) is 18.0 Å². The molecule has 0 spiro atoms. The highest BCUT2D eigenvalue weighted by Gasteiger charge is 2.12. The number of nitro groups is 1. The van der Waals surface area contributed by atoms with Gasteiger partial charge < -0.3 is 9.84 Å². The molecular weight excluding hydrogens is 253 g/mol. The number of ether oxygens (including phenoxy) is 1. The van der Waals surface area contributed by atoms with Crippen LogP contribution < -0.4 is 4.74 Å². The van der Waals surface area contributed by atoms with Gasteiger partial charge in [-0.2, -0.15) is 0 Å². The normalized spacial score (nSPS) is 10.2. The van der Waals surface area contributed by atoms with Crippen LogP contribution in [0.3, 0.4) is 0 Å². The van der Waals surface area contributed by atoms with Crippen molar-refractivity contribution in [2.45, 2.75) is 6.61 Å². The summed E-state index contributed by atoms with van der Waals surface area (Å²) in [4.78, 5) is 9.79. The molecule has 0 heterocycles. The summed E-state index contributed by atoms with van der Waals surface area (Å²) in [5.41, 5.74) is 0.372. The van der Waals surface area contributed by atoms with Gasteiger partial charge in [0.1, 0.15) is 5.75 Å². The van der Waals surface area contributed by atoms with E-state index in [4.69, 9.17) is 9.84 Å². The van der Waals surface area contributed by atoms with Crippen molar-refractivity contribution in [3.05, 3.63) is 64.0 Å². The first-order valence-corrected chi connectivity index (χ1v) is 5.42. The van der Waals surface area contributed by atoms with E-state index in [1.807, 2.05) is 0 Å². The fourth-order valence-electron chi connectivity index (χ4n) is 1.48. The fourth-order valence-corrected chi connectivity index (χ4v) is 1.48. The zero-order chi connectivity index (χ0) is 13.8. The van der Waals surface area contributed by atoms with E-state index in [0.717, 1.165) is 6.07 Å². The van der Waals surface area contributed by atoms with E-state index in [9.17, 15) is 14.5 Å². The SMILES string of the molecule is O=[N+]([O-])c1ccc(Oc2ccc(CO)cc2)c(F)c1. The lowest BCUT2D eigenvalue weighted by molar-refractivity contribution is -0.385. The summed E-state index contributed by atoms with van der Waals surface area (Å²) >= 11 is 0. The second kappa shape index (κ2) is 5.45. The number of aliphatic hydroxyl groups excluding tert-OH is 1. The molecular formula is C13H10FNO4. The minimum atomic E-state index is -0.805. The van der Waals surface area contributed by atoms with Gasteiger partial charge in [-0.1, -0.05) is 12.1 Å². The molecule has 5 nitrogen and oxygen atoms in total. The number of halogens is 1. The van der Waals surface area contributed by atoms with E-state index < -0.39 is 10.7 Å². The van der Waals surface area contributed by atoms with Gasteiger partial charge in [-0.15, -0.1) is 0 Å². The van der Waals surface area contributed by atoms with Crippen LogP contribution in [-0.2, 0) is 6.61 Å². The fraction of sp³-hybridized carbons (Fsp3) is 0.0769. The summed E-state index contributed by atoms with van der Waals surface area (Å²) in [6.45, 7) is -0.0911. The first-order chi connectivity index (χ1) is 9.10. The zero-order valence-electron chi connectivity index (χ0n) is 9.75. The van der Waals surface area contributed by atoms with Gasteiger partial charge in [0.2, 0.25) is 0 Å². The van der Waals surface area contributed by atoms with E-state index >= 15 is 0 Å². The summed E-state index contributed by atoms with van der Waals surface area (Å²) in [5.74, 6) is -0.521. The van der Waals surface area contributed by atoms with Crippen molar-refractivity contribution in [1.29, 1.82) is 0 Å². The number of aliphatic hydroxyl groups is 1. The van der Waals surface area contributed by atoms with Crippen LogP contribution in [0.1, 0.15) is 5.56 Å². The van der Waals surface area contributed by atoms with Crippen LogP contribution in [0, 0.1) is 15.9 Å². The smallest absolute Gasteiger partial charge is 0.272 e. The number of benzene rings is 2. The molecule has 0 aliphatic carbocycles. The van der Waals surface area contributed by atoms with Crippen molar-refractivity contribution < 1.29 is 19.2 Å². The minimum Gasteiger partial charge on any atom is -0.454 e. The predicted molar refractivity (Wildman–Crippen MR) is 65.5 cm³/mol. The van der Waals surface area contributed by atoms with E-state index in [0.29, 0.717) is 11.3 Å². The highest BCUT2D eigenvalue weighted by Crippen LogP contribution is 2.27. The number of nitrogens with zero attached hydrogens (tertiary/aromatic N) is 1. The molecule has 98 valence electrons. The summed E-state index contributed by atoms with van der Waals surface area (Å²) in [6.07, 6.45) is 0. The summed E-state index contributed by atoms with van der Waals surface area (Å²) in [5, 5.41) is 19.3. The molecule has 2 aromatic rings. The van der Waals surface area contributed by atoms with Crippen LogP contribution >= 0.6 is 0 Å². The highest BCUT2D eigenvalue weighted by molar-refractivity contribution is 5.40. The van der Waals surface area contributed by atoms with Crippen molar-refractivity contribution >= 4 is 5.69 Å². The standard InChI is InChI=1S/C13H10FNO4/c14-12-7-10(15(17)18)3-6-13(12)19-11-4-1-9(8-16)2-5-11/h1-7,16H,8H2. The Morgan fingerprint density at radius 3 is 2.42 bits per heavy atom. The first-order valence-electron chi connectivity index (χ1n) is 5.42. The summed E-state index contributed by atoms with van der Waals surface area (Å²) in [7, 11) is 0. The van der Waals surface area contributed by atoms with E-state index in [1.165, 1.54) is 12.1 Å². The Kier molecular flexibility index (Phi) is 3.72. The molecule has 0 saturated heterocycles. The molecule has 0 bridgehead atoms. The van der Waals surface area contributed by atoms with Crippen LogP contribution in [0.15, 0.2) is 42.5 Å². The quantitative estimate of drug-likeness (QED) is 0.679. The molecule has 0 aliphatic heterocycles. The molecule has 0 atom stereocenters. The molecule has 0 unspecified atom stereocenters. The third-order valence-corrected chi connectivity index (χ3v) is 2.46. The largest absolute Gasteiger partial charge is 0.454 e. The highest BCUT2D eigenvalue weighted by atomic mass is 19.1. The number of rotatable bonds is 4. The Morgan fingerprint density at radius 1 is 1.21 bits per heavy atom. The van der Waals surface area contributed by atoms with Gasteiger partial charge in [-0.05, 0) is 23.8 Å². The third kappa shape index (κ3) is 3.05. The van der Waals surface area contributed by atoms with E-state index in [1.54, 1.807) is 24.3 Å². The van der Waals surface area contributed by atoms with Gasteiger partial charge in [0.05, 0.1) is 17.6 Å². The summed E-state index contributed by atoms with van der Waals surface area (Å²) in [6, 6.07) is 9.60. The molecule has 2 rings (SSSR count). The van der Waals surface area contributed by atoms with Crippen LogP contribution in [0.5, 0.6) is 11.5 Å². The predicted octanol–water partition coefficient (Wildman–Crippen LogP) is 3.02. The molecule has 0 aliphatic rings. The minimum absolute atomic E-state index is 0.0911. The second-order valence-electron chi connectivity index (χ2n) is 3.78. The average Bonchev–Trinajstić information content (AvgIpc) is 2.41. The molecule has 1 N–H and O–H groups in total. The molecule has 6 heteroatoms. The van der Waals surface area contributed by atoms with Gasteiger partial charge >= 0.3 is 0 Å². The number of non-ortho nitro benzene ring substituents is 1. The molecule has 19 heavy (non-hydrogen) atoms. The molecule has 0 saturated carbocycles. The van der Waals surface area contributed by atoms with Crippen molar-refractivity contribution in [3.63, 3.8) is 0 Å². The maximum atomic E-state index is 13.6. The van der Waals surface area contributed by atoms with Gasteiger partial charge in [0.25, 0.3) is 5.69 Å². The van der Waals surface area contributed by atoms with Crippen molar-refractivity contribution in [3.8, 4) is 11.5 Å². The molecule has 2 aromatic carbocycles. The third-order valence-electron chi connectivity index (χ3n) is 2.46. The molecule has 0 amide bonds. The molecule has 0 fully saturated rings. The number of hydrogen-bond donors (Lipinski definition) is 1. The van der Waals surface area contributed by atoms with Crippen LogP contribution in [0.25, 0.3) is 0 Å². The Balaban J connectivity index is 2.20. The Morgan fingerprint density at radius 2 is 1.89 bits per heavy atom. The maximum absolute atomic E-state index is 13.6. The topological polar surface area (TPSA) is 72.6 Å². The van der Waals surface area contributed by atoms with Gasteiger partial charge in [-0.25, -0.2) is 4.39 Å². The Hall–Kier alpha value is -2.47. The second-order valence-corrected chi connectivity index (χ2v) is 3.78. The van der Waals surface area contributed by atoms with E-state index in [2.05, 4.69) is 0 Å². The Bertz CT molecular complexity index is 598. The van der Waals surface area contributed by atoms with Crippen LogP contribution in [0.2, 0.25) is 0 Å². The lowest BCUT2D eigenvalue weighted by Crippen LogP contribution is -1.92. The van der Waals surface area contributed by atoms with Gasteiger partial charge in [-0.3, -0.25) is 10.1 Å². The van der Waals surface area contributed by atoms with Crippen molar-refractivity contribution in [2.75, 3.05) is 0 Å². The Labute approximate surface area is 108 Å². The first kappa shape index (κ1) is 13.0. The van der Waals surface area contributed by atoms with Crippen molar-refractivity contribution in [1.82, 2.24) is 0 Å². The number of hydrogen-bond acceptors (Lipinski definition) is 4. The molecule has 0 aromatic heterocycles. The zero-order valence-corrected chi connectivity index (χ0v) is 9.75. The molecule has 0 radical (unpaired) electrons. The monoisotopic (exact) mass is 263 g/mol. The number of nitro benzene ring substituents is 1. The van der Waals surface area contributed by atoms with Crippen LogP contribution in [-0.4, -0.2) is 10.0 Å². The van der Waals surface area contributed by atoms with Crippen molar-refractivity contribution in [2.24, 2.45) is 0 Å².